The van der Waals surface area contributed by atoms with Crippen molar-refractivity contribution in [3.05, 3.63) is 76.9 Å². The molecule has 4 aromatic rings. The van der Waals surface area contributed by atoms with Gasteiger partial charge in [-0.3, -0.25) is 19.1 Å². The van der Waals surface area contributed by atoms with E-state index >= 15 is 0 Å². The van der Waals surface area contributed by atoms with Crippen molar-refractivity contribution in [2.45, 2.75) is 44.7 Å². The van der Waals surface area contributed by atoms with Gasteiger partial charge in [0.15, 0.2) is 5.76 Å². The largest absolute Gasteiger partial charge is 0.455 e. The molecule has 0 aliphatic heterocycles. The SMILES string of the molecule is Cn1ccc(CNC(=O)c2oc3c(c2C2CC2)-c2nn(Cc4ccccn4)cc2CC3)n1. The maximum Gasteiger partial charge on any atom is 0.287 e. The molecule has 1 saturated carbocycles. The molecule has 32 heavy (non-hydrogen) atoms. The summed E-state index contributed by atoms with van der Waals surface area (Å²) in [5.41, 5.74) is 6.02. The molecule has 2 aliphatic rings. The summed E-state index contributed by atoms with van der Waals surface area (Å²) in [5.74, 6) is 1.51. The smallest absolute Gasteiger partial charge is 0.287 e. The van der Waals surface area contributed by atoms with E-state index in [4.69, 9.17) is 9.52 Å². The maximum atomic E-state index is 13.1. The van der Waals surface area contributed by atoms with Crippen LogP contribution in [0.4, 0.5) is 0 Å². The molecule has 8 nitrogen and oxygen atoms in total. The summed E-state index contributed by atoms with van der Waals surface area (Å²) < 4.78 is 9.86. The Labute approximate surface area is 185 Å². The minimum atomic E-state index is -0.179. The minimum absolute atomic E-state index is 0.179. The molecule has 1 amide bonds. The Hall–Kier alpha value is -3.68. The molecular weight excluding hydrogens is 404 g/mol. The minimum Gasteiger partial charge on any atom is -0.455 e. The molecule has 8 heteroatoms. The van der Waals surface area contributed by atoms with E-state index in [1.54, 1.807) is 10.9 Å². The van der Waals surface area contributed by atoms with Crippen molar-refractivity contribution in [1.82, 2.24) is 29.9 Å². The molecule has 4 aromatic heterocycles. The van der Waals surface area contributed by atoms with Crippen molar-refractivity contribution < 1.29 is 9.21 Å². The third-order valence-electron chi connectivity index (χ3n) is 6.15. The Balaban J connectivity index is 1.32. The summed E-state index contributed by atoms with van der Waals surface area (Å²) in [6, 6.07) is 7.80. The molecule has 4 heterocycles. The maximum absolute atomic E-state index is 13.1. The van der Waals surface area contributed by atoms with E-state index in [1.807, 2.05) is 42.2 Å². The third kappa shape index (κ3) is 3.41. The van der Waals surface area contributed by atoms with Crippen LogP contribution in [0.1, 0.15) is 57.6 Å². The zero-order valence-electron chi connectivity index (χ0n) is 17.9. The summed E-state index contributed by atoms with van der Waals surface area (Å²) in [4.78, 5) is 17.5. The number of pyridine rings is 1. The molecule has 1 N–H and O–H groups in total. The van der Waals surface area contributed by atoms with E-state index in [1.165, 1.54) is 5.56 Å². The van der Waals surface area contributed by atoms with Gasteiger partial charge in [-0.05, 0) is 48.9 Å². The van der Waals surface area contributed by atoms with Gasteiger partial charge >= 0.3 is 0 Å². The topological polar surface area (TPSA) is 90.8 Å². The van der Waals surface area contributed by atoms with Crippen LogP contribution >= 0.6 is 0 Å². The van der Waals surface area contributed by atoms with Gasteiger partial charge in [-0.25, -0.2) is 0 Å². The first-order chi connectivity index (χ1) is 15.7. The molecule has 0 atom stereocenters. The molecule has 0 spiro atoms. The predicted octanol–water partition coefficient (Wildman–Crippen LogP) is 3.23. The molecule has 0 bridgehead atoms. The highest BCUT2D eigenvalue weighted by Crippen LogP contribution is 2.50. The van der Waals surface area contributed by atoms with Crippen molar-refractivity contribution in [3.63, 3.8) is 0 Å². The van der Waals surface area contributed by atoms with E-state index < -0.39 is 0 Å². The number of aryl methyl sites for hydroxylation is 3. The Bertz CT molecular complexity index is 1300. The van der Waals surface area contributed by atoms with E-state index in [2.05, 4.69) is 21.6 Å². The first-order valence-corrected chi connectivity index (χ1v) is 11.0. The number of hydrogen-bond acceptors (Lipinski definition) is 5. The first kappa shape index (κ1) is 19.0. The lowest BCUT2D eigenvalue weighted by molar-refractivity contribution is 0.0919. The second-order valence-electron chi connectivity index (χ2n) is 8.60. The molecule has 1 fully saturated rings. The summed E-state index contributed by atoms with van der Waals surface area (Å²) >= 11 is 0. The summed E-state index contributed by atoms with van der Waals surface area (Å²) in [7, 11) is 1.86. The number of hydrogen-bond donors (Lipinski definition) is 1. The van der Waals surface area contributed by atoms with Crippen LogP contribution in [0.15, 0.2) is 47.3 Å². The molecule has 2 aliphatic carbocycles. The van der Waals surface area contributed by atoms with Gasteiger partial charge < -0.3 is 9.73 Å². The first-order valence-electron chi connectivity index (χ1n) is 11.0. The number of nitrogens with one attached hydrogen (secondary N) is 1. The Kier molecular flexibility index (Phi) is 4.45. The number of amides is 1. The average molecular weight is 428 g/mol. The van der Waals surface area contributed by atoms with Crippen molar-refractivity contribution in [3.8, 4) is 11.3 Å². The van der Waals surface area contributed by atoms with Gasteiger partial charge in [0.25, 0.3) is 5.91 Å². The fourth-order valence-corrected chi connectivity index (χ4v) is 4.51. The highest BCUT2D eigenvalue weighted by Gasteiger charge is 2.39. The van der Waals surface area contributed by atoms with E-state index in [0.29, 0.717) is 24.8 Å². The summed E-state index contributed by atoms with van der Waals surface area (Å²) in [5, 5.41) is 12.2. The zero-order chi connectivity index (χ0) is 21.7. The number of fused-ring (bicyclic) bond motifs is 3. The molecule has 0 radical (unpaired) electrons. The molecular formula is C24H24N6O2. The number of carbonyl (C=O) groups excluding carboxylic acids is 1. The van der Waals surface area contributed by atoms with Crippen LogP contribution in [0.3, 0.4) is 0 Å². The monoisotopic (exact) mass is 428 g/mol. The summed E-state index contributed by atoms with van der Waals surface area (Å²) in [6.07, 6.45) is 9.58. The van der Waals surface area contributed by atoms with Crippen LogP contribution in [-0.4, -0.2) is 30.5 Å². The standard InChI is InChI=1S/C24H24N6O2/c1-29-11-9-17(27-29)12-26-24(31)23-20(15-5-6-15)21-19(32-23)8-7-16-13-30(28-22(16)21)14-18-4-2-3-10-25-18/h2-4,9-11,13,15H,5-8,12,14H2,1H3,(H,26,31). The lowest BCUT2D eigenvalue weighted by Crippen LogP contribution is -2.23. The predicted molar refractivity (Wildman–Crippen MR) is 117 cm³/mol. The van der Waals surface area contributed by atoms with Gasteiger partial charge in [-0.2, -0.15) is 10.2 Å². The van der Waals surface area contributed by atoms with E-state index in [9.17, 15) is 4.79 Å². The van der Waals surface area contributed by atoms with Crippen LogP contribution < -0.4 is 5.32 Å². The molecule has 0 unspecified atom stereocenters. The molecule has 0 aromatic carbocycles. The van der Waals surface area contributed by atoms with Gasteiger partial charge in [-0.1, -0.05) is 6.07 Å². The highest BCUT2D eigenvalue weighted by molar-refractivity contribution is 5.96. The van der Waals surface area contributed by atoms with Crippen molar-refractivity contribution in [2.24, 2.45) is 7.05 Å². The summed E-state index contributed by atoms with van der Waals surface area (Å²) in [6.45, 7) is 0.996. The Morgan fingerprint density at radius 1 is 1.19 bits per heavy atom. The van der Waals surface area contributed by atoms with E-state index in [0.717, 1.165) is 59.7 Å². The van der Waals surface area contributed by atoms with Gasteiger partial charge in [0.1, 0.15) is 5.76 Å². The lowest BCUT2D eigenvalue weighted by atomic mass is 9.91. The number of nitrogens with zero attached hydrogens (tertiary/aromatic N) is 5. The van der Waals surface area contributed by atoms with E-state index in [-0.39, 0.29) is 5.91 Å². The van der Waals surface area contributed by atoms with Crippen LogP contribution in [0, 0.1) is 0 Å². The van der Waals surface area contributed by atoms with Crippen molar-refractivity contribution in [2.75, 3.05) is 0 Å². The van der Waals surface area contributed by atoms with Crippen LogP contribution in [0.25, 0.3) is 11.3 Å². The Morgan fingerprint density at radius 3 is 2.84 bits per heavy atom. The highest BCUT2D eigenvalue weighted by atomic mass is 16.4. The van der Waals surface area contributed by atoms with Crippen molar-refractivity contribution in [1.29, 1.82) is 0 Å². The van der Waals surface area contributed by atoms with Gasteiger partial charge in [0.2, 0.25) is 0 Å². The van der Waals surface area contributed by atoms with Gasteiger partial charge in [-0.15, -0.1) is 0 Å². The second-order valence-corrected chi connectivity index (χ2v) is 8.60. The number of aromatic nitrogens is 5. The van der Waals surface area contributed by atoms with Gasteiger partial charge in [0.05, 0.1) is 30.2 Å². The Morgan fingerprint density at radius 2 is 2.09 bits per heavy atom. The number of carbonyl (C=O) groups is 1. The lowest BCUT2D eigenvalue weighted by Gasteiger charge is -2.10. The normalized spacial score (nSPS) is 14.8. The van der Waals surface area contributed by atoms with Gasteiger partial charge in [0, 0.05) is 43.2 Å². The van der Waals surface area contributed by atoms with Crippen LogP contribution in [0.2, 0.25) is 0 Å². The number of rotatable bonds is 6. The quantitative estimate of drug-likeness (QED) is 0.509. The number of furan rings is 1. The molecule has 6 rings (SSSR count). The average Bonchev–Trinajstić information content (AvgIpc) is 3.23. The van der Waals surface area contributed by atoms with Crippen molar-refractivity contribution >= 4 is 5.91 Å². The fourth-order valence-electron chi connectivity index (χ4n) is 4.51. The third-order valence-corrected chi connectivity index (χ3v) is 6.15. The fraction of sp³-hybridized carbons (Fsp3) is 0.333. The molecule has 0 saturated heterocycles. The molecule has 162 valence electrons. The second kappa shape index (κ2) is 7.47. The van der Waals surface area contributed by atoms with Crippen LogP contribution in [0.5, 0.6) is 0 Å². The van der Waals surface area contributed by atoms with Crippen LogP contribution in [-0.2, 0) is 33.0 Å². The zero-order valence-corrected chi connectivity index (χ0v) is 17.9.